The van der Waals surface area contributed by atoms with E-state index in [4.69, 9.17) is 20.3 Å². The smallest absolute Gasteiger partial charge is 0.230 e. The van der Waals surface area contributed by atoms with Crippen molar-refractivity contribution in [2.75, 3.05) is 37.9 Å². The number of hydrogen-bond acceptors (Lipinski definition) is 9. The first-order chi connectivity index (χ1) is 10.2. The number of carbonyl (C=O) groups is 1. The fourth-order valence-electron chi connectivity index (χ4n) is 1.90. The molecule has 1 aromatic rings. The fourth-order valence-corrected chi connectivity index (χ4v) is 3.35. The predicted octanol–water partition coefficient (Wildman–Crippen LogP) is -0.505. The van der Waals surface area contributed by atoms with Crippen LogP contribution in [0.4, 0.5) is 5.13 Å². The van der Waals surface area contributed by atoms with E-state index in [9.17, 15) is 4.79 Å². The second-order valence-electron chi connectivity index (χ2n) is 4.37. The molecule has 0 bridgehead atoms. The first-order valence-electron chi connectivity index (χ1n) is 6.50. The number of anilines is 1. The van der Waals surface area contributed by atoms with Gasteiger partial charge >= 0.3 is 0 Å². The number of aliphatic hydroxyl groups excluding tert-OH is 1. The van der Waals surface area contributed by atoms with Gasteiger partial charge < -0.3 is 25.6 Å². The first-order valence-corrected chi connectivity index (χ1v) is 8.30. The summed E-state index contributed by atoms with van der Waals surface area (Å²) < 4.78 is 11.5. The zero-order chi connectivity index (χ0) is 15.1. The van der Waals surface area contributed by atoms with E-state index in [1.165, 1.54) is 23.1 Å². The molecule has 4 N–H and O–H groups in total. The van der Waals surface area contributed by atoms with Crippen LogP contribution in [0.15, 0.2) is 4.34 Å². The lowest BCUT2D eigenvalue weighted by Crippen LogP contribution is -2.50. The van der Waals surface area contributed by atoms with E-state index >= 15 is 0 Å². The molecule has 0 spiro atoms. The maximum atomic E-state index is 12.0. The number of nitrogens with one attached hydrogen (secondary N) is 1. The molecule has 0 aromatic carbocycles. The van der Waals surface area contributed by atoms with Gasteiger partial charge in [-0.1, -0.05) is 23.1 Å². The Morgan fingerprint density at radius 2 is 2.48 bits per heavy atom. The lowest BCUT2D eigenvalue weighted by atomic mass is 10.1. The van der Waals surface area contributed by atoms with E-state index in [1.807, 2.05) is 0 Å². The third-order valence-electron chi connectivity index (χ3n) is 2.82. The van der Waals surface area contributed by atoms with Crippen LogP contribution in [0.2, 0.25) is 0 Å². The minimum absolute atomic E-state index is 0.0501. The Balaban J connectivity index is 1.76. The van der Waals surface area contributed by atoms with E-state index in [-0.39, 0.29) is 37.0 Å². The van der Waals surface area contributed by atoms with Crippen molar-refractivity contribution in [1.82, 2.24) is 15.5 Å². The number of nitrogens with zero attached hydrogens (tertiary/aromatic N) is 2. The lowest BCUT2D eigenvalue weighted by Gasteiger charge is -2.31. The maximum absolute atomic E-state index is 12.0. The van der Waals surface area contributed by atoms with E-state index in [1.54, 1.807) is 0 Å². The molecule has 8 nitrogen and oxygen atoms in total. The van der Waals surface area contributed by atoms with Gasteiger partial charge in [-0.05, 0) is 6.42 Å². The van der Waals surface area contributed by atoms with Crippen molar-refractivity contribution in [3.63, 3.8) is 0 Å². The second kappa shape index (κ2) is 8.49. The second-order valence-corrected chi connectivity index (χ2v) is 6.60. The number of aliphatic hydroxyl groups is 1. The molecule has 21 heavy (non-hydrogen) atoms. The molecular formula is C11H18N4O4S2. The SMILES string of the molecule is Nc1nnc(SCC(=O)N[C@@H]2CCOC[C@H]2OCCO)s1. The van der Waals surface area contributed by atoms with E-state index in [2.05, 4.69) is 15.5 Å². The van der Waals surface area contributed by atoms with Crippen molar-refractivity contribution >= 4 is 34.1 Å². The van der Waals surface area contributed by atoms with Gasteiger partial charge in [0, 0.05) is 6.61 Å². The molecule has 0 unspecified atom stereocenters. The number of aromatic nitrogens is 2. The third-order valence-corrected chi connectivity index (χ3v) is 4.71. The molecule has 10 heteroatoms. The summed E-state index contributed by atoms with van der Waals surface area (Å²) in [5.74, 6) is 0.150. The molecule has 2 heterocycles. The number of hydrogen-bond donors (Lipinski definition) is 3. The molecule has 1 aromatic heterocycles. The summed E-state index contributed by atoms with van der Waals surface area (Å²) in [7, 11) is 0. The Hall–Kier alpha value is -0.940. The van der Waals surface area contributed by atoms with E-state index in [0.29, 0.717) is 29.1 Å². The summed E-state index contributed by atoms with van der Waals surface area (Å²) in [5.41, 5.74) is 5.48. The Kier molecular flexibility index (Phi) is 6.64. The molecule has 1 amide bonds. The van der Waals surface area contributed by atoms with Crippen LogP contribution in [0.5, 0.6) is 0 Å². The molecule has 1 aliphatic rings. The van der Waals surface area contributed by atoms with Crippen LogP contribution >= 0.6 is 23.1 Å². The molecule has 118 valence electrons. The van der Waals surface area contributed by atoms with Crippen LogP contribution in [0.25, 0.3) is 0 Å². The highest BCUT2D eigenvalue weighted by molar-refractivity contribution is 8.01. The van der Waals surface area contributed by atoms with Crippen LogP contribution in [-0.4, -0.2) is 65.5 Å². The highest BCUT2D eigenvalue weighted by Gasteiger charge is 2.27. The van der Waals surface area contributed by atoms with Gasteiger partial charge in [-0.3, -0.25) is 4.79 Å². The average Bonchev–Trinajstić information content (AvgIpc) is 2.90. The molecule has 0 saturated carbocycles. The summed E-state index contributed by atoms with van der Waals surface area (Å²) in [6.45, 7) is 1.19. The molecule has 0 radical (unpaired) electrons. The fraction of sp³-hybridized carbons (Fsp3) is 0.727. The van der Waals surface area contributed by atoms with Crippen LogP contribution < -0.4 is 11.1 Å². The molecular weight excluding hydrogens is 316 g/mol. The normalized spacial score (nSPS) is 22.1. The summed E-state index contributed by atoms with van der Waals surface area (Å²) in [6.07, 6.45) is 0.468. The number of nitrogens with two attached hydrogens (primary N) is 1. The summed E-state index contributed by atoms with van der Waals surface area (Å²) in [4.78, 5) is 12.0. The topological polar surface area (TPSA) is 120 Å². The minimum Gasteiger partial charge on any atom is -0.394 e. The van der Waals surface area contributed by atoms with Crippen molar-refractivity contribution in [3.8, 4) is 0 Å². The monoisotopic (exact) mass is 334 g/mol. The van der Waals surface area contributed by atoms with Gasteiger partial charge in [0.15, 0.2) is 4.34 Å². The van der Waals surface area contributed by atoms with Crippen molar-refractivity contribution in [3.05, 3.63) is 0 Å². The summed E-state index contributed by atoms with van der Waals surface area (Å²) >= 11 is 2.55. The number of amides is 1. The van der Waals surface area contributed by atoms with Gasteiger partial charge in [0.05, 0.1) is 31.6 Å². The number of thioether (sulfide) groups is 1. The molecule has 1 fully saturated rings. The maximum Gasteiger partial charge on any atom is 0.230 e. The van der Waals surface area contributed by atoms with E-state index in [0.717, 1.165) is 0 Å². The first kappa shape index (κ1) is 16.4. The third kappa shape index (κ3) is 5.40. The van der Waals surface area contributed by atoms with Gasteiger partial charge in [-0.15, -0.1) is 10.2 Å². The van der Waals surface area contributed by atoms with Crippen LogP contribution in [0.1, 0.15) is 6.42 Å². The predicted molar refractivity (Wildman–Crippen MR) is 79.2 cm³/mol. The number of carbonyl (C=O) groups excluding carboxylic acids is 1. The Bertz CT molecular complexity index is 459. The lowest BCUT2D eigenvalue weighted by molar-refractivity contribution is -0.124. The Labute approximate surface area is 130 Å². The van der Waals surface area contributed by atoms with Crippen LogP contribution in [0.3, 0.4) is 0 Å². The van der Waals surface area contributed by atoms with Gasteiger partial charge in [-0.25, -0.2) is 0 Å². The molecule has 1 saturated heterocycles. The minimum atomic E-state index is -0.225. The van der Waals surface area contributed by atoms with Gasteiger partial charge in [0.1, 0.15) is 6.10 Å². The van der Waals surface area contributed by atoms with Gasteiger partial charge in [0.2, 0.25) is 11.0 Å². The molecule has 0 aliphatic carbocycles. The summed E-state index contributed by atoms with van der Waals surface area (Å²) in [6, 6.07) is -0.0992. The molecule has 2 atom stereocenters. The van der Waals surface area contributed by atoms with Crippen LogP contribution in [0, 0.1) is 0 Å². The number of ether oxygens (including phenoxy) is 2. The number of rotatable bonds is 7. The summed E-state index contributed by atoms with van der Waals surface area (Å²) in [5, 5.41) is 19.7. The Morgan fingerprint density at radius 1 is 1.62 bits per heavy atom. The van der Waals surface area contributed by atoms with Gasteiger partial charge in [-0.2, -0.15) is 0 Å². The van der Waals surface area contributed by atoms with Crippen molar-refractivity contribution in [2.24, 2.45) is 0 Å². The highest BCUT2D eigenvalue weighted by atomic mass is 32.2. The molecule has 1 aliphatic heterocycles. The van der Waals surface area contributed by atoms with Gasteiger partial charge in [0.25, 0.3) is 0 Å². The van der Waals surface area contributed by atoms with Crippen molar-refractivity contribution in [2.45, 2.75) is 22.9 Å². The largest absolute Gasteiger partial charge is 0.394 e. The van der Waals surface area contributed by atoms with Crippen molar-refractivity contribution < 1.29 is 19.4 Å². The van der Waals surface area contributed by atoms with E-state index < -0.39 is 0 Å². The molecule has 2 rings (SSSR count). The number of nitrogen functional groups attached to an aromatic ring is 1. The highest BCUT2D eigenvalue weighted by Crippen LogP contribution is 2.23. The van der Waals surface area contributed by atoms with Crippen LogP contribution in [-0.2, 0) is 14.3 Å². The Morgan fingerprint density at radius 3 is 3.19 bits per heavy atom. The zero-order valence-electron chi connectivity index (χ0n) is 11.4. The standard InChI is InChI=1S/C11H18N4O4S2/c12-10-14-15-11(21-10)20-6-9(17)13-7-1-3-18-5-8(7)19-4-2-16/h7-8,16H,1-6H2,(H2,12,14)(H,13,17)/t7-,8-/m1/s1. The zero-order valence-corrected chi connectivity index (χ0v) is 13.0. The van der Waals surface area contributed by atoms with Crippen molar-refractivity contribution in [1.29, 1.82) is 0 Å². The quantitative estimate of drug-likeness (QED) is 0.571. The average molecular weight is 334 g/mol.